The van der Waals surface area contributed by atoms with Gasteiger partial charge in [0.05, 0.1) is 25.6 Å². The molecule has 1 unspecified atom stereocenters. The summed E-state index contributed by atoms with van der Waals surface area (Å²) in [5.74, 6) is 0. The van der Waals surface area contributed by atoms with E-state index in [-0.39, 0.29) is 11.6 Å². The molecule has 1 aromatic rings. The molecule has 0 bridgehead atoms. The average Bonchev–Trinajstić information content (AvgIpc) is 2.70. The van der Waals surface area contributed by atoms with Crippen molar-refractivity contribution in [2.24, 2.45) is 0 Å². The summed E-state index contributed by atoms with van der Waals surface area (Å²) < 4.78 is 7.87. The molecule has 0 spiro atoms. The first-order valence-corrected chi connectivity index (χ1v) is 5.88. The van der Waals surface area contributed by atoms with Crippen LogP contribution in [0.5, 0.6) is 0 Å². The van der Waals surface area contributed by atoms with E-state index >= 15 is 0 Å². The van der Waals surface area contributed by atoms with Gasteiger partial charge in [0.25, 0.3) is 0 Å². The maximum absolute atomic E-state index is 5.79. The van der Waals surface area contributed by atoms with Crippen LogP contribution in [-0.4, -0.2) is 45.8 Å². The van der Waals surface area contributed by atoms with Crippen LogP contribution >= 0.6 is 0 Å². The minimum absolute atomic E-state index is 0.233. The van der Waals surface area contributed by atoms with Gasteiger partial charge >= 0.3 is 0 Å². The Hall–Kier alpha value is -0.870. The molecule has 2 heterocycles. The Bertz CT molecular complexity index is 316. The zero-order valence-corrected chi connectivity index (χ0v) is 10.4. The van der Waals surface area contributed by atoms with Gasteiger partial charge in [-0.1, -0.05) is 0 Å². The lowest BCUT2D eigenvalue weighted by atomic mass is 10.0. The Balaban J connectivity index is 1.92. The summed E-state index contributed by atoms with van der Waals surface area (Å²) in [6.07, 6.45) is 5.92. The van der Waals surface area contributed by atoms with E-state index in [1.807, 2.05) is 18.7 Å². The topological polar surface area (TPSA) is 30.3 Å². The van der Waals surface area contributed by atoms with Gasteiger partial charge in [-0.2, -0.15) is 0 Å². The first-order chi connectivity index (χ1) is 7.55. The molecule has 16 heavy (non-hydrogen) atoms. The summed E-state index contributed by atoms with van der Waals surface area (Å²) in [6.45, 7) is 10.5. The van der Waals surface area contributed by atoms with Gasteiger partial charge < -0.3 is 9.30 Å². The van der Waals surface area contributed by atoms with Gasteiger partial charge in [0.2, 0.25) is 0 Å². The summed E-state index contributed by atoms with van der Waals surface area (Å²) in [5.41, 5.74) is 0.233. The predicted octanol–water partition coefficient (Wildman–Crippen LogP) is 1.38. The molecular formula is C12H21N3O. The number of nitrogens with zero attached hydrogens (tertiary/aromatic N) is 3. The predicted molar refractivity (Wildman–Crippen MR) is 63.3 cm³/mol. The van der Waals surface area contributed by atoms with Gasteiger partial charge in [0.1, 0.15) is 0 Å². The van der Waals surface area contributed by atoms with E-state index in [1.54, 1.807) is 0 Å². The summed E-state index contributed by atoms with van der Waals surface area (Å²) in [7, 11) is 0. The second-order valence-electron chi connectivity index (χ2n) is 5.37. The monoisotopic (exact) mass is 223 g/mol. The lowest BCUT2D eigenvalue weighted by Crippen LogP contribution is -2.52. The first kappa shape index (κ1) is 11.6. The van der Waals surface area contributed by atoms with Crippen molar-refractivity contribution in [1.82, 2.24) is 14.5 Å². The van der Waals surface area contributed by atoms with E-state index in [0.29, 0.717) is 0 Å². The lowest BCUT2D eigenvalue weighted by molar-refractivity contribution is -0.0639. The number of rotatable bonds is 2. The minimum atomic E-state index is 0.233. The Labute approximate surface area is 97.2 Å². The second kappa shape index (κ2) is 4.55. The second-order valence-corrected chi connectivity index (χ2v) is 5.37. The van der Waals surface area contributed by atoms with Crippen molar-refractivity contribution >= 4 is 0 Å². The van der Waals surface area contributed by atoms with Crippen LogP contribution in [0, 0.1) is 0 Å². The van der Waals surface area contributed by atoms with Crippen LogP contribution in [0.1, 0.15) is 20.8 Å². The molecule has 1 saturated heterocycles. The third-order valence-electron chi connectivity index (χ3n) is 3.06. The highest BCUT2D eigenvalue weighted by Gasteiger charge is 2.28. The average molecular weight is 223 g/mol. The molecule has 1 aliphatic heterocycles. The molecule has 0 aromatic carbocycles. The third-order valence-corrected chi connectivity index (χ3v) is 3.06. The Morgan fingerprint density at radius 1 is 1.44 bits per heavy atom. The highest BCUT2D eigenvalue weighted by Crippen LogP contribution is 2.18. The highest BCUT2D eigenvalue weighted by molar-refractivity contribution is 4.83. The van der Waals surface area contributed by atoms with Crippen LogP contribution in [0.2, 0.25) is 0 Å². The molecule has 2 rings (SSSR count). The van der Waals surface area contributed by atoms with Crippen LogP contribution < -0.4 is 0 Å². The molecule has 4 heteroatoms. The van der Waals surface area contributed by atoms with Crippen molar-refractivity contribution < 1.29 is 4.74 Å². The Morgan fingerprint density at radius 3 is 2.88 bits per heavy atom. The SMILES string of the molecule is CC(C)(C)N1CCOC(Cn2ccnc2)C1. The molecule has 0 radical (unpaired) electrons. The van der Waals surface area contributed by atoms with Gasteiger partial charge in [0.15, 0.2) is 0 Å². The van der Waals surface area contributed by atoms with E-state index in [9.17, 15) is 0 Å². The molecule has 0 N–H and O–H groups in total. The van der Waals surface area contributed by atoms with E-state index < -0.39 is 0 Å². The maximum Gasteiger partial charge on any atom is 0.0946 e. The Kier molecular flexibility index (Phi) is 3.30. The van der Waals surface area contributed by atoms with Crippen molar-refractivity contribution in [2.45, 2.75) is 39.0 Å². The zero-order chi connectivity index (χ0) is 11.6. The van der Waals surface area contributed by atoms with Crippen LogP contribution in [0.15, 0.2) is 18.7 Å². The quantitative estimate of drug-likeness (QED) is 0.759. The molecule has 4 nitrogen and oxygen atoms in total. The molecule has 1 aliphatic rings. The molecule has 0 aliphatic carbocycles. The molecular weight excluding hydrogens is 202 g/mol. The maximum atomic E-state index is 5.79. The van der Waals surface area contributed by atoms with Gasteiger partial charge in [0, 0.05) is 31.0 Å². The fourth-order valence-electron chi connectivity index (χ4n) is 2.07. The number of ether oxygens (including phenoxy) is 1. The van der Waals surface area contributed by atoms with Gasteiger partial charge in [-0.15, -0.1) is 0 Å². The van der Waals surface area contributed by atoms with Crippen molar-refractivity contribution in [3.05, 3.63) is 18.7 Å². The van der Waals surface area contributed by atoms with E-state index in [0.717, 1.165) is 26.2 Å². The van der Waals surface area contributed by atoms with Gasteiger partial charge in [-0.05, 0) is 20.8 Å². The number of aromatic nitrogens is 2. The number of hydrogen-bond donors (Lipinski definition) is 0. The summed E-state index contributed by atoms with van der Waals surface area (Å²) >= 11 is 0. The summed E-state index contributed by atoms with van der Waals surface area (Å²) in [5, 5.41) is 0. The number of imidazole rings is 1. The van der Waals surface area contributed by atoms with Gasteiger partial charge in [-0.25, -0.2) is 4.98 Å². The zero-order valence-electron chi connectivity index (χ0n) is 10.4. The molecule has 0 amide bonds. The fourth-order valence-corrected chi connectivity index (χ4v) is 2.07. The number of morpholine rings is 1. The standard InChI is InChI=1S/C12H21N3O/c1-12(2,3)15-6-7-16-11(9-15)8-14-5-4-13-10-14/h4-5,10-11H,6-9H2,1-3H3. The van der Waals surface area contributed by atoms with Crippen molar-refractivity contribution in [3.63, 3.8) is 0 Å². The summed E-state index contributed by atoms with van der Waals surface area (Å²) in [6, 6.07) is 0. The lowest BCUT2D eigenvalue weighted by Gasteiger charge is -2.41. The molecule has 90 valence electrons. The Morgan fingerprint density at radius 2 is 2.25 bits per heavy atom. The van der Waals surface area contributed by atoms with Crippen LogP contribution in [-0.2, 0) is 11.3 Å². The van der Waals surface area contributed by atoms with E-state index in [2.05, 4.69) is 35.2 Å². The molecule has 1 aromatic heterocycles. The van der Waals surface area contributed by atoms with Crippen molar-refractivity contribution in [3.8, 4) is 0 Å². The highest BCUT2D eigenvalue weighted by atomic mass is 16.5. The number of hydrogen-bond acceptors (Lipinski definition) is 3. The van der Waals surface area contributed by atoms with Crippen molar-refractivity contribution in [1.29, 1.82) is 0 Å². The smallest absolute Gasteiger partial charge is 0.0946 e. The first-order valence-electron chi connectivity index (χ1n) is 5.88. The van der Waals surface area contributed by atoms with Crippen LogP contribution in [0.4, 0.5) is 0 Å². The molecule has 1 atom stereocenters. The molecule has 1 fully saturated rings. The molecule has 0 saturated carbocycles. The van der Waals surface area contributed by atoms with Crippen LogP contribution in [0.25, 0.3) is 0 Å². The van der Waals surface area contributed by atoms with E-state index in [1.165, 1.54) is 0 Å². The van der Waals surface area contributed by atoms with Crippen molar-refractivity contribution in [2.75, 3.05) is 19.7 Å². The van der Waals surface area contributed by atoms with Gasteiger partial charge in [-0.3, -0.25) is 4.90 Å². The fraction of sp³-hybridized carbons (Fsp3) is 0.750. The minimum Gasteiger partial charge on any atom is -0.374 e. The normalized spacial score (nSPS) is 23.6. The third kappa shape index (κ3) is 2.83. The van der Waals surface area contributed by atoms with Crippen LogP contribution in [0.3, 0.4) is 0 Å². The van der Waals surface area contributed by atoms with E-state index in [4.69, 9.17) is 4.74 Å². The largest absolute Gasteiger partial charge is 0.374 e. The summed E-state index contributed by atoms with van der Waals surface area (Å²) in [4.78, 5) is 6.53.